The Morgan fingerprint density at radius 3 is 2.78 bits per heavy atom. The molecule has 4 nitrogen and oxygen atoms in total. The standard InChI is InChI=1S/C13H24N4S/c1-3-4-7-10-16(2)12-14-15-13(18)17(12)11-8-5-6-9-11/h11H,3-10H2,1-2H3,(H,15,18). The van der Waals surface area contributed by atoms with Gasteiger partial charge in [0.25, 0.3) is 0 Å². The second-order valence-corrected chi connectivity index (χ2v) is 5.65. The maximum absolute atomic E-state index is 5.38. The maximum atomic E-state index is 5.38. The highest BCUT2D eigenvalue weighted by molar-refractivity contribution is 7.71. The lowest BCUT2D eigenvalue weighted by molar-refractivity contribution is 0.507. The number of aromatic nitrogens is 3. The molecule has 0 aliphatic heterocycles. The van der Waals surface area contributed by atoms with Crippen LogP contribution in [0.4, 0.5) is 5.95 Å². The van der Waals surface area contributed by atoms with Crippen molar-refractivity contribution in [2.24, 2.45) is 0 Å². The van der Waals surface area contributed by atoms with Crippen LogP contribution in [-0.4, -0.2) is 28.4 Å². The van der Waals surface area contributed by atoms with Gasteiger partial charge in [0.15, 0.2) is 4.77 Å². The number of nitrogens with zero attached hydrogens (tertiary/aromatic N) is 3. The number of nitrogens with one attached hydrogen (secondary N) is 1. The van der Waals surface area contributed by atoms with Gasteiger partial charge in [-0.15, -0.1) is 5.10 Å². The van der Waals surface area contributed by atoms with Gasteiger partial charge in [-0.1, -0.05) is 32.6 Å². The molecule has 1 aliphatic carbocycles. The highest BCUT2D eigenvalue weighted by Crippen LogP contribution is 2.32. The van der Waals surface area contributed by atoms with Crippen LogP contribution in [0.15, 0.2) is 0 Å². The van der Waals surface area contributed by atoms with Crippen LogP contribution in [0.1, 0.15) is 57.9 Å². The van der Waals surface area contributed by atoms with E-state index < -0.39 is 0 Å². The van der Waals surface area contributed by atoms with E-state index in [1.807, 2.05) is 0 Å². The fourth-order valence-corrected chi connectivity index (χ4v) is 3.03. The van der Waals surface area contributed by atoms with Gasteiger partial charge in [0.1, 0.15) is 0 Å². The Balaban J connectivity index is 2.09. The second kappa shape index (κ2) is 6.36. The number of hydrogen-bond donors (Lipinski definition) is 1. The summed E-state index contributed by atoms with van der Waals surface area (Å²) in [6.45, 7) is 3.29. The van der Waals surface area contributed by atoms with Crippen molar-refractivity contribution in [1.82, 2.24) is 14.8 Å². The van der Waals surface area contributed by atoms with Crippen molar-refractivity contribution in [1.29, 1.82) is 0 Å². The maximum Gasteiger partial charge on any atom is 0.225 e. The van der Waals surface area contributed by atoms with Gasteiger partial charge >= 0.3 is 0 Å². The number of aromatic amines is 1. The van der Waals surface area contributed by atoms with Crippen LogP contribution in [0.3, 0.4) is 0 Å². The average Bonchev–Trinajstić information content (AvgIpc) is 2.97. The van der Waals surface area contributed by atoms with Crippen LogP contribution in [0.5, 0.6) is 0 Å². The number of rotatable bonds is 6. The molecule has 2 rings (SSSR count). The summed E-state index contributed by atoms with van der Waals surface area (Å²) in [6, 6.07) is 0.555. The third-order valence-electron chi connectivity index (χ3n) is 3.81. The molecule has 1 saturated carbocycles. The molecule has 1 fully saturated rings. The molecule has 1 heterocycles. The van der Waals surface area contributed by atoms with Crippen LogP contribution >= 0.6 is 12.2 Å². The molecular formula is C13H24N4S. The van der Waals surface area contributed by atoms with Gasteiger partial charge in [0.2, 0.25) is 5.95 Å². The summed E-state index contributed by atoms with van der Waals surface area (Å²) >= 11 is 5.38. The first-order chi connectivity index (χ1) is 8.74. The molecule has 0 aromatic carbocycles. The first kappa shape index (κ1) is 13.6. The molecule has 0 amide bonds. The highest BCUT2D eigenvalue weighted by Gasteiger charge is 2.22. The summed E-state index contributed by atoms with van der Waals surface area (Å²) in [4.78, 5) is 2.24. The van der Waals surface area contributed by atoms with Crippen LogP contribution in [0.25, 0.3) is 0 Å². The van der Waals surface area contributed by atoms with Crippen LogP contribution in [0, 0.1) is 4.77 Å². The van der Waals surface area contributed by atoms with Gasteiger partial charge in [-0.3, -0.25) is 4.57 Å². The fourth-order valence-electron chi connectivity index (χ4n) is 2.76. The van der Waals surface area contributed by atoms with Crippen molar-refractivity contribution in [3.05, 3.63) is 4.77 Å². The summed E-state index contributed by atoms with van der Waals surface area (Å²) in [5.41, 5.74) is 0. The molecule has 5 heteroatoms. The quantitative estimate of drug-likeness (QED) is 0.631. The van der Waals surface area contributed by atoms with Gasteiger partial charge in [-0.05, 0) is 31.5 Å². The van der Waals surface area contributed by atoms with Crippen molar-refractivity contribution < 1.29 is 0 Å². The number of H-pyrrole nitrogens is 1. The Hall–Kier alpha value is -0.840. The van der Waals surface area contributed by atoms with Crippen LogP contribution < -0.4 is 4.90 Å². The summed E-state index contributed by atoms with van der Waals surface area (Å²) in [7, 11) is 2.12. The zero-order valence-electron chi connectivity index (χ0n) is 11.5. The van der Waals surface area contributed by atoms with Gasteiger partial charge in [-0.2, -0.15) is 0 Å². The topological polar surface area (TPSA) is 36.9 Å². The van der Waals surface area contributed by atoms with E-state index >= 15 is 0 Å². The minimum atomic E-state index is 0.555. The number of anilines is 1. The fraction of sp³-hybridized carbons (Fsp3) is 0.846. The monoisotopic (exact) mass is 268 g/mol. The Morgan fingerprint density at radius 1 is 1.39 bits per heavy atom. The number of unbranched alkanes of at least 4 members (excludes halogenated alkanes) is 2. The minimum absolute atomic E-state index is 0.555. The van der Waals surface area contributed by atoms with Gasteiger partial charge < -0.3 is 4.90 Å². The van der Waals surface area contributed by atoms with Crippen LogP contribution in [-0.2, 0) is 0 Å². The summed E-state index contributed by atoms with van der Waals surface area (Å²) < 4.78 is 3.01. The molecule has 0 saturated heterocycles. The first-order valence-corrected chi connectivity index (χ1v) is 7.53. The number of hydrogen-bond acceptors (Lipinski definition) is 3. The molecule has 1 aliphatic rings. The van der Waals surface area contributed by atoms with Crippen molar-refractivity contribution in [2.45, 2.75) is 57.9 Å². The molecular weight excluding hydrogens is 244 g/mol. The van der Waals surface area contributed by atoms with E-state index in [1.165, 1.54) is 44.9 Å². The van der Waals surface area contributed by atoms with Crippen molar-refractivity contribution in [3.63, 3.8) is 0 Å². The van der Waals surface area contributed by atoms with Gasteiger partial charge in [-0.25, -0.2) is 5.10 Å². The van der Waals surface area contributed by atoms with E-state index in [0.29, 0.717) is 6.04 Å². The third-order valence-corrected chi connectivity index (χ3v) is 4.10. The van der Waals surface area contributed by atoms with E-state index in [1.54, 1.807) is 0 Å². The lowest BCUT2D eigenvalue weighted by atomic mass is 10.2. The van der Waals surface area contributed by atoms with Gasteiger partial charge in [0.05, 0.1) is 0 Å². The first-order valence-electron chi connectivity index (χ1n) is 7.12. The zero-order chi connectivity index (χ0) is 13.0. The molecule has 1 aromatic rings. The Kier molecular flexibility index (Phi) is 4.80. The summed E-state index contributed by atoms with van der Waals surface area (Å²) in [5, 5.41) is 7.37. The van der Waals surface area contributed by atoms with Gasteiger partial charge in [0, 0.05) is 19.6 Å². The predicted octanol–water partition coefficient (Wildman–Crippen LogP) is 3.68. The highest BCUT2D eigenvalue weighted by atomic mass is 32.1. The van der Waals surface area contributed by atoms with E-state index in [0.717, 1.165) is 17.3 Å². The molecule has 0 radical (unpaired) electrons. The van der Waals surface area contributed by atoms with E-state index in [-0.39, 0.29) is 0 Å². The normalized spacial score (nSPS) is 16.3. The molecule has 0 atom stereocenters. The SMILES string of the molecule is CCCCCN(C)c1n[nH]c(=S)n1C1CCCC1. The largest absolute Gasteiger partial charge is 0.344 e. The molecule has 102 valence electrons. The van der Waals surface area contributed by atoms with E-state index in [9.17, 15) is 0 Å². The van der Waals surface area contributed by atoms with Crippen molar-refractivity contribution >= 4 is 18.2 Å². The van der Waals surface area contributed by atoms with E-state index in [4.69, 9.17) is 12.2 Å². The summed E-state index contributed by atoms with van der Waals surface area (Å²) in [6.07, 6.45) is 8.86. The lowest BCUT2D eigenvalue weighted by Crippen LogP contribution is -2.24. The zero-order valence-corrected chi connectivity index (χ0v) is 12.3. The Bertz CT molecular complexity index is 417. The Labute approximate surface area is 114 Å². The molecule has 18 heavy (non-hydrogen) atoms. The molecule has 1 N–H and O–H groups in total. The second-order valence-electron chi connectivity index (χ2n) is 5.27. The van der Waals surface area contributed by atoms with Crippen molar-refractivity contribution in [3.8, 4) is 0 Å². The average molecular weight is 268 g/mol. The van der Waals surface area contributed by atoms with Crippen LogP contribution in [0.2, 0.25) is 0 Å². The smallest absolute Gasteiger partial charge is 0.225 e. The molecule has 1 aromatic heterocycles. The third kappa shape index (κ3) is 2.94. The van der Waals surface area contributed by atoms with Crippen molar-refractivity contribution in [2.75, 3.05) is 18.5 Å². The lowest BCUT2D eigenvalue weighted by Gasteiger charge is -2.21. The molecule has 0 spiro atoms. The summed E-state index contributed by atoms with van der Waals surface area (Å²) in [5.74, 6) is 1.02. The Morgan fingerprint density at radius 2 is 2.11 bits per heavy atom. The predicted molar refractivity (Wildman–Crippen MR) is 77.7 cm³/mol. The minimum Gasteiger partial charge on any atom is -0.344 e. The molecule has 0 unspecified atom stereocenters. The van der Waals surface area contributed by atoms with E-state index in [2.05, 4.69) is 33.6 Å². The molecule has 0 bridgehead atoms.